The Morgan fingerprint density at radius 1 is 1.30 bits per heavy atom. The molecule has 0 saturated heterocycles. The summed E-state index contributed by atoms with van der Waals surface area (Å²) in [6, 6.07) is 6.01. The highest BCUT2D eigenvalue weighted by atomic mass is 16.3. The maximum absolute atomic E-state index is 9.72. The molecule has 1 aliphatic heterocycles. The van der Waals surface area contributed by atoms with E-state index in [2.05, 4.69) is 61.4 Å². The molecule has 0 saturated carbocycles. The van der Waals surface area contributed by atoms with Crippen LogP contribution in [0.25, 0.3) is 5.57 Å². The van der Waals surface area contributed by atoms with Gasteiger partial charge in [0.05, 0.1) is 11.1 Å². The molecule has 2 N–H and O–H groups in total. The van der Waals surface area contributed by atoms with Crippen LogP contribution >= 0.6 is 0 Å². The Hall–Kier alpha value is -2.66. The van der Waals surface area contributed by atoms with Gasteiger partial charge in [0, 0.05) is 47.4 Å². The molecule has 1 atom stereocenters. The van der Waals surface area contributed by atoms with Gasteiger partial charge in [0.15, 0.2) is 0 Å². The first-order chi connectivity index (χ1) is 12.9. The van der Waals surface area contributed by atoms with E-state index in [4.69, 9.17) is 4.99 Å². The summed E-state index contributed by atoms with van der Waals surface area (Å²) >= 11 is 0. The summed E-state index contributed by atoms with van der Waals surface area (Å²) in [4.78, 5) is 11.0. The van der Waals surface area contributed by atoms with Crippen LogP contribution in [0.3, 0.4) is 0 Å². The summed E-state index contributed by atoms with van der Waals surface area (Å²) in [5.74, 6) is 0.553. The number of hydrogen-bond acceptors (Lipinski definition) is 5. The van der Waals surface area contributed by atoms with Crippen LogP contribution in [-0.2, 0) is 6.42 Å². The molecule has 5 nitrogen and oxygen atoms in total. The quantitative estimate of drug-likeness (QED) is 0.854. The normalized spacial score (nSPS) is 15.6. The zero-order valence-corrected chi connectivity index (χ0v) is 16.4. The van der Waals surface area contributed by atoms with E-state index in [1.165, 1.54) is 16.7 Å². The summed E-state index contributed by atoms with van der Waals surface area (Å²) < 4.78 is 0. The number of pyridine rings is 1. The molecule has 1 aromatic carbocycles. The van der Waals surface area contributed by atoms with Crippen LogP contribution < -0.4 is 15.9 Å². The molecule has 0 spiro atoms. The van der Waals surface area contributed by atoms with E-state index < -0.39 is 0 Å². The second kappa shape index (κ2) is 6.82. The lowest BCUT2D eigenvalue weighted by atomic mass is 9.86. The molecule has 1 aliphatic carbocycles. The molecule has 2 aromatic rings. The second-order valence-electron chi connectivity index (χ2n) is 7.87. The van der Waals surface area contributed by atoms with Gasteiger partial charge < -0.3 is 15.3 Å². The molecule has 0 bridgehead atoms. The number of nitrogens with one attached hydrogen (secondary N) is 1. The van der Waals surface area contributed by atoms with Crippen LogP contribution in [0.2, 0.25) is 0 Å². The Bertz CT molecular complexity index is 1050. The number of aromatic nitrogens is 1. The predicted octanol–water partition coefficient (Wildman–Crippen LogP) is 1.98. The molecule has 0 fully saturated rings. The molecule has 0 radical (unpaired) electrons. The first-order valence-corrected chi connectivity index (χ1v) is 9.44. The highest BCUT2D eigenvalue weighted by molar-refractivity contribution is 5.90. The third kappa shape index (κ3) is 3.23. The zero-order valence-electron chi connectivity index (χ0n) is 16.4. The first kappa shape index (κ1) is 17.7. The van der Waals surface area contributed by atoms with Gasteiger partial charge in [-0.05, 0) is 50.6 Å². The fraction of sp³-hybridized carbons (Fsp3) is 0.364. The molecular weight excluding hydrogens is 336 g/mol. The minimum absolute atomic E-state index is 0.0117. The molecule has 0 amide bonds. The van der Waals surface area contributed by atoms with Crippen LogP contribution in [0, 0.1) is 12.8 Å². The fourth-order valence-corrected chi connectivity index (χ4v) is 4.07. The lowest BCUT2D eigenvalue weighted by Crippen LogP contribution is -2.26. The van der Waals surface area contributed by atoms with Crippen LogP contribution in [0.15, 0.2) is 41.2 Å². The van der Waals surface area contributed by atoms with E-state index in [9.17, 15) is 5.11 Å². The maximum Gasteiger partial charge on any atom is 0.212 e. The van der Waals surface area contributed by atoms with Crippen molar-refractivity contribution in [3.8, 4) is 5.88 Å². The Morgan fingerprint density at radius 3 is 2.89 bits per heavy atom. The van der Waals surface area contributed by atoms with E-state index in [-0.39, 0.29) is 5.88 Å². The summed E-state index contributed by atoms with van der Waals surface area (Å²) in [7, 11) is 4.22. The summed E-state index contributed by atoms with van der Waals surface area (Å²) in [5.41, 5.74) is 7.14. The average Bonchev–Trinajstić information content (AvgIpc) is 2.98. The lowest BCUT2D eigenvalue weighted by Gasteiger charge is -2.24. The summed E-state index contributed by atoms with van der Waals surface area (Å²) in [6.07, 6.45) is 4.79. The molecule has 4 rings (SSSR count). The molecule has 2 heterocycles. The molecular formula is C22H26N4O. The first-order valence-electron chi connectivity index (χ1n) is 9.44. The highest BCUT2D eigenvalue weighted by Gasteiger charge is 2.25. The van der Waals surface area contributed by atoms with E-state index in [0.29, 0.717) is 5.92 Å². The largest absolute Gasteiger partial charge is 0.493 e. The van der Waals surface area contributed by atoms with Gasteiger partial charge in [-0.2, -0.15) is 0 Å². The molecule has 27 heavy (non-hydrogen) atoms. The van der Waals surface area contributed by atoms with Gasteiger partial charge in [0.25, 0.3) is 0 Å². The smallest absolute Gasteiger partial charge is 0.212 e. The van der Waals surface area contributed by atoms with Crippen molar-refractivity contribution in [1.82, 2.24) is 9.88 Å². The number of aryl methyl sites for hydroxylation is 1. The molecule has 2 aliphatic rings. The van der Waals surface area contributed by atoms with Gasteiger partial charge >= 0.3 is 0 Å². The number of allylic oxidation sites excluding steroid dienone is 2. The SMILES string of the molecule is Cc1ccc(NCC(C)CN(C)C)c2c1CC=C1N=c3cc(O)ncc3=C12. The predicted molar refractivity (Wildman–Crippen MR) is 108 cm³/mol. The van der Waals surface area contributed by atoms with Crippen molar-refractivity contribution >= 4 is 11.3 Å². The number of benzene rings is 1. The van der Waals surface area contributed by atoms with Crippen LogP contribution in [0.5, 0.6) is 5.88 Å². The van der Waals surface area contributed by atoms with Crippen molar-refractivity contribution in [2.75, 3.05) is 32.5 Å². The van der Waals surface area contributed by atoms with Crippen molar-refractivity contribution in [1.29, 1.82) is 0 Å². The van der Waals surface area contributed by atoms with Crippen molar-refractivity contribution in [2.24, 2.45) is 10.9 Å². The number of hydrogen-bond donors (Lipinski definition) is 2. The monoisotopic (exact) mass is 362 g/mol. The van der Waals surface area contributed by atoms with Crippen molar-refractivity contribution in [3.63, 3.8) is 0 Å². The minimum Gasteiger partial charge on any atom is -0.493 e. The summed E-state index contributed by atoms with van der Waals surface area (Å²) in [5, 5.41) is 15.2. The van der Waals surface area contributed by atoms with Gasteiger partial charge in [-0.25, -0.2) is 9.98 Å². The fourth-order valence-electron chi connectivity index (χ4n) is 4.07. The van der Waals surface area contributed by atoms with Crippen LogP contribution in [-0.4, -0.2) is 42.2 Å². The average molecular weight is 362 g/mol. The van der Waals surface area contributed by atoms with Crippen molar-refractivity contribution < 1.29 is 5.11 Å². The number of fused-ring (bicyclic) bond motifs is 4. The number of nitrogens with zero attached hydrogens (tertiary/aromatic N) is 3. The van der Waals surface area contributed by atoms with E-state index in [1.807, 2.05) is 0 Å². The molecule has 1 aromatic heterocycles. The third-order valence-electron chi connectivity index (χ3n) is 5.25. The Morgan fingerprint density at radius 2 is 2.11 bits per heavy atom. The molecule has 140 valence electrons. The Kier molecular flexibility index (Phi) is 4.48. The Balaban J connectivity index is 1.81. The van der Waals surface area contributed by atoms with E-state index >= 15 is 0 Å². The van der Waals surface area contributed by atoms with Crippen LogP contribution in [0.4, 0.5) is 5.69 Å². The zero-order chi connectivity index (χ0) is 19.1. The molecule has 5 heteroatoms. The number of anilines is 1. The maximum atomic E-state index is 9.72. The van der Waals surface area contributed by atoms with E-state index in [1.54, 1.807) is 12.3 Å². The van der Waals surface area contributed by atoms with Crippen molar-refractivity contribution in [3.05, 3.63) is 63.4 Å². The summed E-state index contributed by atoms with van der Waals surface area (Å²) in [6.45, 7) is 6.39. The topological polar surface area (TPSA) is 60.8 Å². The number of rotatable bonds is 5. The third-order valence-corrected chi connectivity index (χ3v) is 5.25. The Labute approximate surface area is 159 Å². The van der Waals surface area contributed by atoms with Gasteiger partial charge in [-0.1, -0.05) is 19.1 Å². The van der Waals surface area contributed by atoms with E-state index in [0.717, 1.165) is 47.0 Å². The highest BCUT2D eigenvalue weighted by Crippen LogP contribution is 2.38. The minimum atomic E-state index is 0.0117. The van der Waals surface area contributed by atoms with Gasteiger partial charge in [-0.3, -0.25) is 0 Å². The standard InChI is InChI=1S/C22H26N4O/c1-13(12-26(3)4)10-23-17-7-5-14(2)15-6-8-18-22(21(15)17)16-11-24-20(27)9-19(16)25-18/h5,7-9,11,13,23,27H,6,10,12H2,1-4H3. The molecule has 1 unspecified atom stereocenters. The van der Waals surface area contributed by atoms with Gasteiger partial charge in [0.1, 0.15) is 0 Å². The van der Waals surface area contributed by atoms with Crippen LogP contribution in [0.1, 0.15) is 23.6 Å². The number of aromatic hydroxyl groups is 1. The lowest BCUT2D eigenvalue weighted by molar-refractivity contribution is 0.347. The van der Waals surface area contributed by atoms with Gasteiger partial charge in [-0.15, -0.1) is 0 Å². The van der Waals surface area contributed by atoms with Gasteiger partial charge in [0.2, 0.25) is 5.88 Å². The second-order valence-corrected chi connectivity index (χ2v) is 7.87. The van der Waals surface area contributed by atoms with Crippen molar-refractivity contribution in [2.45, 2.75) is 20.3 Å².